The molecule has 2 amide bonds. The van der Waals surface area contributed by atoms with Crippen molar-refractivity contribution in [3.05, 3.63) is 95.6 Å². The number of fused-ring (bicyclic) bond motifs is 3. The summed E-state index contributed by atoms with van der Waals surface area (Å²) in [4.78, 5) is 44.9. The molecule has 1 fully saturated rings. The number of likely N-dealkylation sites (tertiary alicyclic amines) is 1. The number of nitrogens with zero attached hydrogens (tertiary/aromatic N) is 1. The van der Waals surface area contributed by atoms with E-state index in [2.05, 4.69) is 27.8 Å². The molecule has 0 aromatic heterocycles. The van der Waals surface area contributed by atoms with Crippen molar-refractivity contribution >= 4 is 18.0 Å². The zero-order valence-electron chi connectivity index (χ0n) is 22.3. The van der Waals surface area contributed by atoms with Gasteiger partial charge in [-0.3, -0.25) is 14.5 Å². The van der Waals surface area contributed by atoms with Crippen molar-refractivity contribution in [2.45, 2.75) is 43.9 Å². The van der Waals surface area contributed by atoms with Crippen LogP contribution in [0.3, 0.4) is 0 Å². The second kappa shape index (κ2) is 11.9. The molecule has 0 spiro atoms. The van der Waals surface area contributed by atoms with Crippen LogP contribution in [0.25, 0.3) is 11.1 Å². The van der Waals surface area contributed by atoms with Gasteiger partial charge in [-0.2, -0.15) is 0 Å². The van der Waals surface area contributed by atoms with Crippen molar-refractivity contribution in [2.24, 2.45) is 0 Å². The molecule has 0 bridgehead atoms. The summed E-state index contributed by atoms with van der Waals surface area (Å²) in [5.41, 5.74) is 6.53. The van der Waals surface area contributed by atoms with Crippen molar-refractivity contribution in [1.82, 2.24) is 15.7 Å². The zero-order valence-corrected chi connectivity index (χ0v) is 22.3. The average molecular weight is 544 g/mol. The van der Waals surface area contributed by atoms with E-state index in [9.17, 15) is 14.4 Å². The number of nitrogens with one attached hydrogen (secondary N) is 2. The topological polar surface area (TPSA) is 117 Å². The maximum absolute atomic E-state index is 13.3. The molecule has 208 valence electrons. The number of rotatable bonds is 9. The predicted molar refractivity (Wildman–Crippen MR) is 148 cm³/mol. The summed E-state index contributed by atoms with van der Waals surface area (Å²) in [5.74, 6) is -1.93. The van der Waals surface area contributed by atoms with Crippen LogP contribution in [0.1, 0.15) is 42.4 Å². The molecule has 9 heteroatoms. The Hall–Kier alpha value is -4.21. The van der Waals surface area contributed by atoms with Gasteiger partial charge in [-0.05, 0) is 47.6 Å². The molecular weight excluding hydrogens is 510 g/mol. The van der Waals surface area contributed by atoms with Crippen LogP contribution < -0.4 is 10.8 Å². The fourth-order valence-corrected chi connectivity index (χ4v) is 5.46. The quantitative estimate of drug-likeness (QED) is 0.348. The van der Waals surface area contributed by atoms with E-state index >= 15 is 0 Å². The summed E-state index contributed by atoms with van der Waals surface area (Å²) in [6, 6.07) is 26.2. The molecule has 5 rings (SSSR count). The van der Waals surface area contributed by atoms with Gasteiger partial charge < -0.3 is 15.2 Å². The fourth-order valence-electron chi connectivity index (χ4n) is 5.46. The number of hydrogen-bond acceptors (Lipinski definition) is 6. The SMILES string of the molecule is CC(ONC(=O)C1(NC(=O)OCC2c3ccccc3-c3ccccc32)CCN(Cc2ccccc2)CC1)C(=O)O. The lowest BCUT2D eigenvalue weighted by Crippen LogP contribution is -2.63. The Labute approximate surface area is 233 Å². The first-order chi connectivity index (χ1) is 19.4. The number of carboxylic acid groups (broad SMARTS) is 1. The smallest absolute Gasteiger partial charge is 0.408 e. The summed E-state index contributed by atoms with van der Waals surface area (Å²) in [6.07, 6.45) is -1.34. The number of hydrogen-bond donors (Lipinski definition) is 3. The lowest BCUT2D eigenvalue weighted by molar-refractivity contribution is -0.162. The molecule has 1 aliphatic carbocycles. The van der Waals surface area contributed by atoms with Crippen LogP contribution in [0.5, 0.6) is 0 Å². The third-order valence-corrected chi connectivity index (χ3v) is 7.75. The average Bonchev–Trinajstić information content (AvgIpc) is 3.29. The molecular formula is C31H33N3O6. The summed E-state index contributed by atoms with van der Waals surface area (Å²) >= 11 is 0. The summed E-state index contributed by atoms with van der Waals surface area (Å²) in [7, 11) is 0. The monoisotopic (exact) mass is 543 g/mol. The Balaban J connectivity index is 1.27. The van der Waals surface area contributed by atoms with Gasteiger partial charge in [0.2, 0.25) is 0 Å². The van der Waals surface area contributed by atoms with Crippen molar-refractivity contribution < 1.29 is 29.1 Å². The van der Waals surface area contributed by atoms with Crippen LogP contribution in [0, 0.1) is 0 Å². The maximum atomic E-state index is 13.3. The molecule has 3 aromatic rings. The third-order valence-electron chi connectivity index (χ3n) is 7.75. The summed E-state index contributed by atoms with van der Waals surface area (Å²) in [5, 5.41) is 11.9. The van der Waals surface area contributed by atoms with Crippen LogP contribution in [0.4, 0.5) is 4.79 Å². The first kappa shape index (κ1) is 27.4. The fraction of sp³-hybridized carbons (Fsp3) is 0.323. The number of aliphatic carboxylic acids is 1. The van der Waals surface area contributed by atoms with E-state index in [1.807, 2.05) is 66.7 Å². The number of benzene rings is 3. The highest BCUT2D eigenvalue weighted by atomic mass is 16.7. The highest BCUT2D eigenvalue weighted by Gasteiger charge is 2.44. The highest BCUT2D eigenvalue weighted by Crippen LogP contribution is 2.44. The Morgan fingerprint density at radius 2 is 1.50 bits per heavy atom. The van der Waals surface area contributed by atoms with E-state index in [1.54, 1.807) is 0 Å². The first-order valence-corrected chi connectivity index (χ1v) is 13.4. The molecule has 40 heavy (non-hydrogen) atoms. The lowest BCUT2D eigenvalue weighted by Gasteiger charge is -2.40. The van der Waals surface area contributed by atoms with Crippen molar-refractivity contribution in [3.63, 3.8) is 0 Å². The number of carboxylic acids is 1. The van der Waals surface area contributed by atoms with Gasteiger partial charge in [-0.1, -0.05) is 78.9 Å². The van der Waals surface area contributed by atoms with E-state index in [1.165, 1.54) is 6.92 Å². The van der Waals surface area contributed by atoms with Crippen molar-refractivity contribution in [1.29, 1.82) is 0 Å². The third kappa shape index (κ3) is 5.85. The molecule has 2 aliphatic rings. The Kier molecular flexibility index (Phi) is 8.14. The molecule has 3 N–H and O–H groups in total. The minimum atomic E-state index is -1.31. The Morgan fingerprint density at radius 1 is 0.925 bits per heavy atom. The van der Waals surface area contributed by atoms with Gasteiger partial charge in [0.15, 0.2) is 6.10 Å². The van der Waals surface area contributed by atoms with Crippen LogP contribution >= 0.6 is 0 Å². The molecule has 1 aliphatic heterocycles. The van der Waals surface area contributed by atoms with Gasteiger partial charge in [-0.25, -0.2) is 15.1 Å². The number of amides is 2. The first-order valence-electron chi connectivity index (χ1n) is 13.4. The number of carbonyl (C=O) groups excluding carboxylic acids is 2. The zero-order chi connectivity index (χ0) is 28.1. The normalized spacial score (nSPS) is 16.8. The van der Waals surface area contributed by atoms with Gasteiger partial charge >= 0.3 is 12.1 Å². The van der Waals surface area contributed by atoms with Gasteiger partial charge in [0.05, 0.1) is 0 Å². The molecule has 0 radical (unpaired) electrons. The van der Waals surface area contributed by atoms with Gasteiger partial charge in [0.1, 0.15) is 12.1 Å². The molecule has 1 heterocycles. The van der Waals surface area contributed by atoms with E-state index < -0.39 is 29.6 Å². The van der Waals surface area contributed by atoms with Crippen LogP contribution in [-0.4, -0.2) is 59.3 Å². The molecule has 1 unspecified atom stereocenters. The number of carbonyl (C=O) groups is 3. The molecule has 9 nitrogen and oxygen atoms in total. The van der Waals surface area contributed by atoms with E-state index in [4.69, 9.17) is 14.7 Å². The minimum Gasteiger partial charge on any atom is -0.479 e. The molecule has 0 saturated carbocycles. The molecule has 1 saturated heterocycles. The summed E-state index contributed by atoms with van der Waals surface area (Å²) < 4.78 is 5.73. The number of piperidine rings is 1. The molecule has 1 atom stereocenters. The van der Waals surface area contributed by atoms with E-state index in [-0.39, 0.29) is 12.5 Å². The van der Waals surface area contributed by atoms with Crippen molar-refractivity contribution in [2.75, 3.05) is 19.7 Å². The van der Waals surface area contributed by atoms with Gasteiger partial charge in [0.25, 0.3) is 5.91 Å². The van der Waals surface area contributed by atoms with E-state index in [0.717, 1.165) is 34.4 Å². The number of hydroxylamine groups is 1. The standard InChI is InChI=1S/C31H33N3O6/c1-21(28(35)36)40-33-29(37)31(15-17-34(18-16-31)19-22-9-3-2-4-10-22)32-30(38)39-20-27-25-13-7-5-11-23(25)24-12-6-8-14-26(24)27/h2-14,21,27H,15-20H2,1H3,(H,32,38)(H,33,37)(H,35,36). The Bertz CT molecular complexity index is 1320. The Morgan fingerprint density at radius 3 is 2.10 bits per heavy atom. The predicted octanol–water partition coefficient (Wildman–Crippen LogP) is 4.08. The number of ether oxygens (including phenoxy) is 1. The second-order valence-corrected chi connectivity index (χ2v) is 10.3. The van der Waals surface area contributed by atoms with Gasteiger partial charge in [0, 0.05) is 25.6 Å². The van der Waals surface area contributed by atoms with Crippen LogP contribution in [-0.2, 0) is 25.7 Å². The lowest BCUT2D eigenvalue weighted by atomic mass is 9.86. The molecule has 3 aromatic carbocycles. The minimum absolute atomic E-state index is 0.115. The highest BCUT2D eigenvalue weighted by molar-refractivity contribution is 5.89. The second-order valence-electron chi connectivity index (χ2n) is 10.3. The summed E-state index contributed by atoms with van der Waals surface area (Å²) in [6.45, 7) is 3.23. The van der Waals surface area contributed by atoms with E-state index in [0.29, 0.717) is 25.9 Å². The maximum Gasteiger partial charge on any atom is 0.408 e. The van der Waals surface area contributed by atoms with Crippen molar-refractivity contribution in [3.8, 4) is 11.1 Å². The number of alkyl carbamates (subject to hydrolysis) is 1. The largest absolute Gasteiger partial charge is 0.479 e. The van der Waals surface area contributed by atoms with Gasteiger partial charge in [-0.15, -0.1) is 0 Å². The van der Waals surface area contributed by atoms with Crippen LogP contribution in [0.15, 0.2) is 78.9 Å². The van der Waals surface area contributed by atoms with Crippen LogP contribution in [0.2, 0.25) is 0 Å².